The van der Waals surface area contributed by atoms with Crippen molar-refractivity contribution in [1.29, 1.82) is 0 Å². The zero-order chi connectivity index (χ0) is 0. The molecule has 0 saturated carbocycles. The van der Waals surface area contributed by atoms with Crippen molar-refractivity contribution in [2.75, 3.05) is 0 Å². The summed E-state index contributed by atoms with van der Waals surface area (Å²) in [5.74, 6) is 0. The van der Waals surface area contributed by atoms with Gasteiger partial charge in [0.2, 0.25) is 0 Å². The molecule has 0 N–H and O–H groups in total. The summed E-state index contributed by atoms with van der Waals surface area (Å²) in [6.07, 6.45) is 0. The Kier molecular flexibility index (Phi) is 217. The summed E-state index contributed by atoms with van der Waals surface area (Å²) in [7, 11) is 0. The van der Waals surface area contributed by atoms with Crippen molar-refractivity contribution in [2.45, 2.75) is 0 Å². The average molecular weight is 492 g/mol. The molecule has 0 aromatic heterocycles. The van der Waals surface area contributed by atoms with E-state index in [-0.39, 0.29) is 171 Å². The fourth-order valence-electron chi connectivity index (χ4n) is 0. The smallest absolute Gasteiger partial charge is 0 e. The van der Waals surface area contributed by atoms with Gasteiger partial charge >= 0.3 is 0 Å². The van der Waals surface area contributed by atoms with Crippen LogP contribution in [0.4, 0.5) is 0 Å². The summed E-state index contributed by atoms with van der Waals surface area (Å²) in [6.45, 7) is 0. The van der Waals surface area contributed by atoms with E-state index in [1.165, 1.54) is 0 Å². The molecule has 13 radical (unpaired) electrons. The first-order chi connectivity index (χ1) is 0. The Morgan fingerprint density at radius 2 is 1.00 bits per heavy atom. The molecule has 6 heteroatoms. The zero-order valence-corrected chi connectivity index (χ0v) is 17.8. The first-order valence-corrected chi connectivity index (χ1v) is 0. The van der Waals surface area contributed by atoms with Gasteiger partial charge in [-0.15, -0.1) is 0 Å². The second kappa shape index (κ2) is 31.2. The summed E-state index contributed by atoms with van der Waals surface area (Å²) in [5, 5.41) is 0. The largest absolute Gasteiger partial charge is 0 e. The second-order valence-electron chi connectivity index (χ2n) is 0. The summed E-state index contributed by atoms with van der Waals surface area (Å²) in [6, 6.07) is 0. The van der Waals surface area contributed by atoms with Gasteiger partial charge in [0.25, 0.3) is 0 Å². The standard InChI is InChI=1S/Al.Ba.Ca.Fe.Mg.Pb. The molecule has 0 aromatic rings. The minimum absolute atomic E-state index is 0. The normalized spacial score (nSPS) is 0. The third-order valence-electron chi connectivity index (χ3n) is 0. The SMILES string of the molecule is [Al].[Ba].[Ca].[Fe].[Mg].[Pb]. The molecule has 0 spiro atoms. The molecule has 0 aromatic carbocycles. The first kappa shape index (κ1) is 41.7. The molecule has 0 nitrogen and oxygen atoms in total. The Hall–Kier alpha value is 5.57. The van der Waals surface area contributed by atoms with Crippen LogP contribution in [0.3, 0.4) is 0 Å². The summed E-state index contributed by atoms with van der Waals surface area (Å²) in [4.78, 5) is 0. The first-order valence-electron chi connectivity index (χ1n) is 0. The minimum atomic E-state index is 0. The van der Waals surface area contributed by atoms with Crippen LogP contribution in [-0.4, -0.2) is 154 Å². The molecule has 0 fully saturated rings. The second-order valence-corrected chi connectivity index (χ2v) is 0. The fraction of sp³-hybridized carbons (Fsp3) is 0. The van der Waals surface area contributed by atoms with E-state index in [0.29, 0.717) is 0 Å². The third-order valence-corrected chi connectivity index (χ3v) is 0. The molecule has 0 unspecified atom stereocenters. The quantitative estimate of drug-likeness (QED) is 0.347. The van der Waals surface area contributed by atoms with Crippen LogP contribution in [0.1, 0.15) is 0 Å². The van der Waals surface area contributed by atoms with Crippen molar-refractivity contribution in [3.8, 4) is 0 Å². The molecule has 0 rings (SSSR count). The summed E-state index contributed by atoms with van der Waals surface area (Å²) in [5.41, 5.74) is 0. The van der Waals surface area contributed by atoms with Gasteiger partial charge in [-0.1, -0.05) is 0 Å². The number of rotatable bonds is 0. The molecule has 0 aliphatic carbocycles. The molecule has 21 valence electrons. The maximum absolute atomic E-state index is 0. The Bertz CT molecular complexity index is 15.5. The van der Waals surface area contributed by atoms with Gasteiger partial charge in [0.1, 0.15) is 0 Å². The van der Waals surface area contributed by atoms with Gasteiger partial charge in [-0.2, -0.15) is 0 Å². The number of hydrogen-bond acceptors (Lipinski definition) is 0. The fourth-order valence-corrected chi connectivity index (χ4v) is 0. The van der Waals surface area contributed by atoms with Crippen LogP contribution in [0, 0.1) is 0 Å². The van der Waals surface area contributed by atoms with Crippen LogP contribution >= 0.6 is 0 Å². The van der Waals surface area contributed by atoms with Crippen molar-refractivity contribution >= 4 is 154 Å². The monoisotopic (exact) mass is 493 g/mol. The van der Waals surface area contributed by atoms with Crippen molar-refractivity contribution in [3.63, 3.8) is 0 Å². The Balaban J connectivity index is 0. The summed E-state index contributed by atoms with van der Waals surface area (Å²) < 4.78 is 0. The molecule has 6 heavy (non-hydrogen) atoms. The van der Waals surface area contributed by atoms with Gasteiger partial charge in [0.15, 0.2) is 0 Å². The maximum atomic E-state index is 0. The topological polar surface area (TPSA) is 0 Å². The van der Waals surface area contributed by atoms with Gasteiger partial charge in [0.05, 0.1) is 0 Å². The van der Waals surface area contributed by atoms with E-state index in [1.54, 1.807) is 0 Å². The Labute approximate surface area is 166 Å². The average Bonchev–Trinajstić information content (AvgIpc) is 0. The van der Waals surface area contributed by atoms with E-state index in [4.69, 9.17) is 0 Å². The molecule has 0 atom stereocenters. The van der Waals surface area contributed by atoms with E-state index in [1.807, 2.05) is 0 Å². The molecule has 0 bridgehead atoms. The van der Waals surface area contributed by atoms with Crippen LogP contribution in [0.2, 0.25) is 0 Å². The van der Waals surface area contributed by atoms with Crippen LogP contribution in [0.25, 0.3) is 0 Å². The van der Waals surface area contributed by atoms with Crippen LogP contribution in [0.5, 0.6) is 0 Å². The van der Waals surface area contributed by atoms with Crippen molar-refractivity contribution in [1.82, 2.24) is 0 Å². The van der Waals surface area contributed by atoms with E-state index in [2.05, 4.69) is 0 Å². The van der Waals surface area contributed by atoms with Crippen molar-refractivity contribution < 1.29 is 17.1 Å². The van der Waals surface area contributed by atoms with E-state index in [9.17, 15) is 0 Å². The molecule has 0 aliphatic rings. The molecule has 0 amide bonds. The Morgan fingerprint density at radius 1 is 1.00 bits per heavy atom. The van der Waals surface area contributed by atoms with Crippen molar-refractivity contribution in [2.24, 2.45) is 0 Å². The van der Waals surface area contributed by atoms with Gasteiger partial charge in [0, 0.05) is 171 Å². The predicted molar refractivity (Wildman–Crippen MR) is 28.8 cm³/mol. The van der Waals surface area contributed by atoms with E-state index < -0.39 is 0 Å². The zero-order valence-electron chi connectivity index (χ0n) is 3.55. The van der Waals surface area contributed by atoms with E-state index >= 15 is 0 Å². The third kappa shape index (κ3) is 22.7. The Morgan fingerprint density at radius 3 is 1.00 bits per heavy atom. The molecular formula is AlBaCaFeMgPb. The molecule has 0 heterocycles. The van der Waals surface area contributed by atoms with E-state index in [0.717, 1.165) is 0 Å². The summed E-state index contributed by atoms with van der Waals surface area (Å²) >= 11 is 0. The van der Waals surface area contributed by atoms with Crippen LogP contribution in [0.15, 0.2) is 0 Å². The predicted octanol–water partition coefficient (Wildman–Crippen LogP) is -1.91. The van der Waals surface area contributed by atoms with Crippen molar-refractivity contribution in [3.05, 3.63) is 0 Å². The van der Waals surface area contributed by atoms with Crippen LogP contribution in [-0.2, 0) is 17.1 Å². The maximum Gasteiger partial charge on any atom is 0 e. The minimum Gasteiger partial charge on any atom is 0 e. The van der Waals surface area contributed by atoms with Gasteiger partial charge < -0.3 is 0 Å². The van der Waals surface area contributed by atoms with Gasteiger partial charge in [-0.3, -0.25) is 0 Å². The van der Waals surface area contributed by atoms with Gasteiger partial charge in [-0.25, -0.2) is 0 Å². The molecular weight excluding hydrogens is 492 g/mol. The van der Waals surface area contributed by atoms with Crippen LogP contribution < -0.4 is 0 Å². The molecule has 0 aliphatic heterocycles. The van der Waals surface area contributed by atoms with Gasteiger partial charge in [-0.05, 0) is 0 Å². The molecule has 0 saturated heterocycles. The number of hydrogen-bond donors (Lipinski definition) is 0.